The van der Waals surface area contributed by atoms with Crippen LogP contribution in [-0.4, -0.2) is 18.1 Å². The van der Waals surface area contributed by atoms with Crippen molar-refractivity contribution in [2.45, 2.75) is 26.8 Å². The van der Waals surface area contributed by atoms with Crippen LogP contribution in [0.2, 0.25) is 0 Å². The smallest absolute Gasteiger partial charge is 0.130 e. The summed E-state index contributed by atoms with van der Waals surface area (Å²) < 4.78 is 0. The van der Waals surface area contributed by atoms with Crippen LogP contribution >= 0.6 is 0 Å². The van der Waals surface area contributed by atoms with Crippen LogP contribution in [0.1, 0.15) is 25.8 Å². The van der Waals surface area contributed by atoms with Gasteiger partial charge in [0.15, 0.2) is 0 Å². The summed E-state index contributed by atoms with van der Waals surface area (Å²) in [4.78, 5) is 6.81. The topological polar surface area (TPSA) is 28.2 Å². The lowest BCUT2D eigenvalue weighted by atomic mass is 10.2. The Kier molecular flexibility index (Phi) is 5.42. The van der Waals surface area contributed by atoms with Crippen LogP contribution in [0.4, 0.5) is 11.5 Å². The van der Waals surface area contributed by atoms with Gasteiger partial charge in [0.2, 0.25) is 0 Å². The summed E-state index contributed by atoms with van der Waals surface area (Å²) in [6.45, 7) is 7.16. The van der Waals surface area contributed by atoms with E-state index in [1.165, 1.54) is 11.3 Å². The highest BCUT2D eigenvalue weighted by Gasteiger charge is 2.08. The van der Waals surface area contributed by atoms with Crippen LogP contribution in [0.25, 0.3) is 0 Å². The van der Waals surface area contributed by atoms with Crippen molar-refractivity contribution in [3.63, 3.8) is 0 Å². The molecule has 0 aliphatic carbocycles. The minimum absolute atomic E-state index is 0.875. The largest absolute Gasteiger partial charge is 0.370 e. The number of para-hydroxylation sites is 1. The van der Waals surface area contributed by atoms with E-state index in [-0.39, 0.29) is 0 Å². The molecule has 0 aliphatic heterocycles. The SMILES string of the molecule is CCCNc1ncccc1CN(CC)c1ccccc1. The summed E-state index contributed by atoms with van der Waals surface area (Å²) in [6.07, 6.45) is 2.95. The maximum Gasteiger partial charge on any atom is 0.130 e. The van der Waals surface area contributed by atoms with Gasteiger partial charge in [0.25, 0.3) is 0 Å². The van der Waals surface area contributed by atoms with E-state index < -0.39 is 0 Å². The first kappa shape index (κ1) is 14.4. The number of hydrogen-bond donors (Lipinski definition) is 1. The van der Waals surface area contributed by atoms with Crippen molar-refractivity contribution in [2.75, 3.05) is 23.3 Å². The molecule has 0 aliphatic rings. The predicted octanol–water partition coefficient (Wildman–Crippen LogP) is 3.93. The van der Waals surface area contributed by atoms with Crippen molar-refractivity contribution in [3.05, 3.63) is 54.2 Å². The molecule has 106 valence electrons. The van der Waals surface area contributed by atoms with Crippen molar-refractivity contribution in [2.24, 2.45) is 0 Å². The second-order valence-electron chi connectivity index (χ2n) is 4.79. The molecule has 0 fully saturated rings. The van der Waals surface area contributed by atoms with Gasteiger partial charge in [0.05, 0.1) is 0 Å². The lowest BCUT2D eigenvalue weighted by molar-refractivity contribution is 0.826. The molecule has 1 N–H and O–H groups in total. The highest BCUT2D eigenvalue weighted by Crippen LogP contribution is 2.19. The Hall–Kier alpha value is -2.03. The van der Waals surface area contributed by atoms with Crippen molar-refractivity contribution in [1.29, 1.82) is 0 Å². The highest BCUT2D eigenvalue weighted by molar-refractivity contribution is 5.50. The number of nitrogens with zero attached hydrogens (tertiary/aromatic N) is 2. The average Bonchev–Trinajstić information content (AvgIpc) is 2.52. The summed E-state index contributed by atoms with van der Waals surface area (Å²) in [5, 5.41) is 3.41. The third-order valence-corrected chi connectivity index (χ3v) is 3.30. The van der Waals surface area contributed by atoms with Crippen LogP contribution in [0.5, 0.6) is 0 Å². The number of benzene rings is 1. The zero-order valence-corrected chi connectivity index (χ0v) is 12.3. The average molecular weight is 269 g/mol. The lowest BCUT2D eigenvalue weighted by Gasteiger charge is -2.24. The number of aromatic nitrogens is 1. The number of rotatable bonds is 7. The van der Waals surface area contributed by atoms with Gasteiger partial charge in [0.1, 0.15) is 5.82 Å². The monoisotopic (exact) mass is 269 g/mol. The molecule has 2 rings (SSSR count). The molecule has 20 heavy (non-hydrogen) atoms. The fourth-order valence-corrected chi connectivity index (χ4v) is 2.20. The Labute approximate surface area is 121 Å². The molecule has 0 unspecified atom stereocenters. The van der Waals surface area contributed by atoms with Gasteiger partial charge in [-0.15, -0.1) is 0 Å². The van der Waals surface area contributed by atoms with Crippen LogP contribution in [0.3, 0.4) is 0 Å². The minimum Gasteiger partial charge on any atom is -0.370 e. The van der Waals surface area contributed by atoms with E-state index in [0.29, 0.717) is 0 Å². The first-order valence-electron chi connectivity index (χ1n) is 7.33. The fourth-order valence-electron chi connectivity index (χ4n) is 2.20. The van der Waals surface area contributed by atoms with Gasteiger partial charge in [-0.1, -0.05) is 31.2 Å². The van der Waals surface area contributed by atoms with E-state index in [0.717, 1.165) is 31.9 Å². The molecule has 3 nitrogen and oxygen atoms in total. The second-order valence-corrected chi connectivity index (χ2v) is 4.79. The van der Waals surface area contributed by atoms with E-state index >= 15 is 0 Å². The van der Waals surface area contributed by atoms with Gasteiger partial charge in [-0.3, -0.25) is 0 Å². The molecule has 0 atom stereocenters. The molecule has 3 heteroatoms. The molecule has 0 radical (unpaired) electrons. The predicted molar refractivity (Wildman–Crippen MR) is 86.2 cm³/mol. The normalized spacial score (nSPS) is 10.3. The van der Waals surface area contributed by atoms with E-state index in [9.17, 15) is 0 Å². The summed E-state index contributed by atoms with van der Waals surface area (Å²) in [7, 11) is 0. The molecule has 1 aromatic carbocycles. The third kappa shape index (κ3) is 3.73. The number of hydrogen-bond acceptors (Lipinski definition) is 3. The molecule has 0 saturated heterocycles. The van der Waals surface area contributed by atoms with Gasteiger partial charge in [-0.25, -0.2) is 4.98 Å². The van der Waals surface area contributed by atoms with Gasteiger partial charge in [-0.05, 0) is 31.5 Å². The standard InChI is InChI=1S/C17H23N3/c1-3-12-18-17-15(9-8-13-19-17)14-20(4-2)16-10-6-5-7-11-16/h5-11,13H,3-4,12,14H2,1-2H3,(H,18,19). The summed E-state index contributed by atoms with van der Waals surface area (Å²) >= 11 is 0. The summed E-state index contributed by atoms with van der Waals surface area (Å²) in [5.74, 6) is 1.00. The van der Waals surface area contributed by atoms with Gasteiger partial charge >= 0.3 is 0 Å². The number of nitrogens with one attached hydrogen (secondary N) is 1. The summed E-state index contributed by atoms with van der Waals surface area (Å²) in [5.41, 5.74) is 2.49. The molecule has 0 spiro atoms. The van der Waals surface area contributed by atoms with Crippen molar-refractivity contribution >= 4 is 11.5 Å². The molecule has 0 amide bonds. The third-order valence-electron chi connectivity index (χ3n) is 3.30. The zero-order valence-electron chi connectivity index (χ0n) is 12.3. The molecule has 1 heterocycles. The second kappa shape index (κ2) is 7.53. The quantitative estimate of drug-likeness (QED) is 0.825. The molecular weight excluding hydrogens is 246 g/mol. The lowest BCUT2D eigenvalue weighted by Crippen LogP contribution is -2.23. The molecular formula is C17H23N3. The first-order chi connectivity index (χ1) is 9.85. The first-order valence-corrected chi connectivity index (χ1v) is 7.33. The Morgan fingerprint density at radius 1 is 1.05 bits per heavy atom. The minimum atomic E-state index is 0.875. The van der Waals surface area contributed by atoms with Crippen molar-refractivity contribution in [3.8, 4) is 0 Å². The molecule has 0 bridgehead atoms. The summed E-state index contributed by atoms with van der Waals surface area (Å²) in [6, 6.07) is 14.7. The van der Waals surface area contributed by atoms with Gasteiger partial charge in [0, 0.05) is 37.1 Å². The molecule has 0 saturated carbocycles. The van der Waals surface area contributed by atoms with E-state index in [4.69, 9.17) is 0 Å². The van der Waals surface area contributed by atoms with Crippen molar-refractivity contribution < 1.29 is 0 Å². The fraction of sp³-hybridized carbons (Fsp3) is 0.353. The molecule has 2 aromatic rings. The van der Waals surface area contributed by atoms with Gasteiger partial charge in [-0.2, -0.15) is 0 Å². The number of pyridine rings is 1. The van der Waals surface area contributed by atoms with E-state index in [2.05, 4.69) is 65.4 Å². The van der Waals surface area contributed by atoms with Crippen LogP contribution in [-0.2, 0) is 6.54 Å². The van der Waals surface area contributed by atoms with Crippen LogP contribution in [0, 0.1) is 0 Å². The zero-order chi connectivity index (χ0) is 14.2. The van der Waals surface area contributed by atoms with Crippen LogP contribution in [0.15, 0.2) is 48.7 Å². The van der Waals surface area contributed by atoms with E-state index in [1.54, 1.807) is 0 Å². The maximum absolute atomic E-state index is 4.46. The van der Waals surface area contributed by atoms with Crippen molar-refractivity contribution in [1.82, 2.24) is 4.98 Å². The van der Waals surface area contributed by atoms with Gasteiger partial charge < -0.3 is 10.2 Å². The number of anilines is 2. The van der Waals surface area contributed by atoms with E-state index in [1.807, 2.05) is 12.3 Å². The highest BCUT2D eigenvalue weighted by atomic mass is 15.1. The Bertz CT molecular complexity index is 511. The molecule has 1 aromatic heterocycles. The maximum atomic E-state index is 4.46. The Balaban J connectivity index is 2.15. The Morgan fingerprint density at radius 2 is 1.85 bits per heavy atom. The Morgan fingerprint density at radius 3 is 2.55 bits per heavy atom. The van der Waals surface area contributed by atoms with Crippen LogP contribution < -0.4 is 10.2 Å².